The van der Waals surface area contributed by atoms with E-state index in [9.17, 15) is 0 Å². The van der Waals surface area contributed by atoms with Gasteiger partial charge in [0.15, 0.2) is 0 Å². The fourth-order valence-electron chi connectivity index (χ4n) is 2.68. The average Bonchev–Trinajstić information content (AvgIpc) is 2.86. The summed E-state index contributed by atoms with van der Waals surface area (Å²) in [7, 11) is 3.34. The molecule has 0 aliphatic carbocycles. The topological polar surface area (TPSA) is 65.3 Å². The zero-order chi connectivity index (χ0) is 14.7. The van der Waals surface area contributed by atoms with Crippen LogP contribution in [0.1, 0.15) is 5.69 Å². The molecular weight excluding hydrogens is 270 g/mol. The van der Waals surface area contributed by atoms with E-state index in [2.05, 4.69) is 24.4 Å². The molecule has 7 heteroatoms. The molecule has 2 aromatic heterocycles. The Labute approximate surface area is 123 Å². The lowest BCUT2D eigenvalue weighted by Crippen LogP contribution is -2.30. The lowest BCUT2D eigenvalue weighted by molar-refractivity contribution is 0.147. The fraction of sp³-hybridized carbons (Fsp3) is 0.500. The summed E-state index contributed by atoms with van der Waals surface area (Å²) in [6, 6.07) is 1.86. The monoisotopic (exact) mass is 289 g/mol. The van der Waals surface area contributed by atoms with E-state index in [-0.39, 0.29) is 0 Å². The summed E-state index contributed by atoms with van der Waals surface area (Å²) in [5.41, 5.74) is 1.17. The molecule has 1 aliphatic heterocycles. The standard InChI is InChI=1S/C14H19N5O2/c1-20-8-11-5-18(7-12-4-15-10-19(12)6-11)13-3-14(21-2)17-9-16-13/h3-4,9-11H,5-8H2,1-2H3/t11-/m0/s1. The lowest BCUT2D eigenvalue weighted by atomic mass is 10.1. The summed E-state index contributed by atoms with van der Waals surface area (Å²) < 4.78 is 12.7. The van der Waals surface area contributed by atoms with E-state index < -0.39 is 0 Å². The first-order chi connectivity index (χ1) is 10.3. The van der Waals surface area contributed by atoms with Gasteiger partial charge in [-0.2, -0.15) is 0 Å². The SMILES string of the molecule is COC[C@H]1CN(c2cc(OC)ncn2)Cc2cncn2C1. The smallest absolute Gasteiger partial charge is 0.218 e. The minimum absolute atomic E-state index is 0.381. The predicted molar refractivity (Wildman–Crippen MR) is 77.2 cm³/mol. The lowest BCUT2D eigenvalue weighted by Gasteiger charge is -2.24. The maximum Gasteiger partial charge on any atom is 0.218 e. The molecule has 0 N–H and O–H groups in total. The van der Waals surface area contributed by atoms with Crippen molar-refractivity contribution in [1.82, 2.24) is 19.5 Å². The van der Waals surface area contributed by atoms with Crippen LogP contribution in [0.5, 0.6) is 5.88 Å². The highest BCUT2D eigenvalue weighted by Gasteiger charge is 2.23. The van der Waals surface area contributed by atoms with Gasteiger partial charge in [-0.1, -0.05) is 0 Å². The Hall–Kier alpha value is -2.15. The zero-order valence-corrected chi connectivity index (χ0v) is 12.3. The van der Waals surface area contributed by atoms with Gasteiger partial charge in [-0.3, -0.25) is 0 Å². The Morgan fingerprint density at radius 3 is 3.00 bits per heavy atom. The Bertz CT molecular complexity index is 601. The quantitative estimate of drug-likeness (QED) is 0.835. The van der Waals surface area contributed by atoms with Gasteiger partial charge in [-0.15, -0.1) is 0 Å². The van der Waals surface area contributed by atoms with E-state index in [4.69, 9.17) is 9.47 Å². The van der Waals surface area contributed by atoms with Crippen LogP contribution in [0.2, 0.25) is 0 Å². The maximum absolute atomic E-state index is 5.34. The molecule has 0 amide bonds. The number of nitrogens with zero attached hydrogens (tertiary/aromatic N) is 5. The molecule has 21 heavy (non-hydrogen) atoms. The van der Waals surface area contributed by atoms with Gasteiger partial charge >= 0.3 is 0 Å². The summed E-state index contributed by atoms with van der Waals surface area (Å²) in [6.45, 7) is 3.24. The first-order valence-electron chi connectivity index (χ1n) is 6.89. The van der Waals surface area contributed by atoms with Crippen LogP contribution in [0.4, 0.5) is 5.82 Å². The third-order valence-electron chi connectivity index (χ3n) is 3.65. The summed E-state index contributed by atoms with van der Waals surface area (Å²) in [5, 5.41) is 0. The predicted octanol–water partition coefficient (Wildman–Crippen LogP) is 0.964. The molecule has 0 saturated carbocycles. The van der Waals surface area contributed by atoms with E-state index in [0.717, 1.165) is 25.5 Å². The van der Waals surface area contributed by atoms with Crippen LogP contribution in [-0.2, 0) is 17.8 Å². The molecule has 0 bridgehead atoms. The number of ether oxygens (including phenoxy) is 2. The van der Waals surface area contributed by atoms with Crippen LogP contribution in [0, 0.1) is 5.92 Å². The zero-order valence-electron chi connectivity index (χ0n) is 12.3. The second-order valence-corrected chi connectivity index (χ2v) is 5.16. The number of anilines is 1. The van der Waals surface area contributed by atoms with Gasteiger partial charge < -0.3 is 18.9 Å². The molecule has 2 aromatic rings. The highest BCUT2D eigenvalue weighted by Crippen LogP contribution is 2.23. The average molecular weight is 289 g/mol. The van der Waals surface area contributed by atoms with Gasteiger partial charge in [-0.25, -0.2) is 15.0 Å². The minimum Gasteiger partial charge on any atom is -0.481 e. The number of aromatic nitrogens is 4. The third kappa shape index (κ3) is 2.97. The minimum atomic E-state index is 0.381. The fourth-order valence-corrected chi connectivity index (χ4v) is 2.68. The first kappa shape index (κ1) is 13.8. The van der Waals surface area contributed by atoms with Crippen molar-refractivity contribution in [3.05, 3.63) is 30.6 Å². The van der Waals surface area contributed by atoms with E-state index in [0.29, 0.717) is 18.4 Å². The molecule has 7 nitrogen and oxygen atoms in total. The van der Waals surface area contributed by atoms with Gasteiger partial charge in [0.1, 0.15) is 12.1 Å². The van der Waals surface area contributed by atoms with E-state index in [1.807, 2.05) is 18.6 Å². The number of imidazole rings is 1. The molecule has 0 spiro atoms. The van der Waals surface area contributed by atoms with E-state index >= 15 is 0 Å². The number of fused-ring (bicyclic) bond motifs is 1. The van der Waals surface area contributed by atoms with E-state index in [1.165, 1.54) is 12.0 Å². The molecule has 0 radical (unpaired) electrons. The Morgan fingerprint density at radius 2 is 2.19 bits per heavy atom. The normalized spacial score (nSPS) is 18.2. The highest BCUT2D eigenvalue weighted by atomic mass is 16.5. The molecule has 0 fully saturated rings. The van der Waals surface area contributed by atoms with Gasteiger partial charge in [-0.05, 0) is 0 Å². The summed E-state index contributed by atoms with van der Waals surface area (Å²) >= 11 is 0. The Kier molecular flexibility index (Phi) is 4.01. The molecular formula is C14H19N5O2. The summed E-state index contributed by atoms with van der Waals surface area (Å²) in [6.07, 6.45) is 5.31. The van der Waals surface area contributed by atoms with Crippen molar-refractivity contribution in [3.63, 3.8) is 0 Å². The summed E-state index contributed by atoms with van der Waals surface area (Å²) in [5.74, 6) is 1.81. The van der Waals surface area contributed by atoms with Gasteiger partial charge in [0, 0.05) is 38.4 Å². The van der Waals surface area contributed by atoms with Gasteiger partial charge in [0.05, 0.1) is 32.3 Å². The number of hydrogen-bond acceptors (Lipinski definition) is 6. The van der Waals surface area contributed by atoms with Crippen LogP contribution >= 0.6 is 0 Å². The van der Waals surface area contributed by atoms with E-state index in [1.54, 1.807) is 14.2 Å². The van der Waals surface area contributed by atoms with Crippen molar-refractivity contribution >= 4 is 5.82 Å². The van der Waals surface area contributed by atoms with Crippen LogP contribution in [0.25, 0.3) is 0 Å². The largest absolute Gasteiger partial charge is 0.481 e. The van der Waals surface area contributed by atoms with Crippen molar-refractivity contribution in [1.29, 1.82) is 0 Å². The third-order valence-corrected chi connectivity index (χ3v) is 3.65. The maximum atomic E-state index is 5.34. The molecule has 1 aliphatic rings. The molecule has 0 saturated heterocycles. The van der Waals surface area contributed by atoms with Crippen molar-refractivity contribution in [3.8, 4) is 5.88 Å². The van der Waals surface area contributed by atoms with Crippen LogP contribution in [0.3, 0.4) is 0 Å². The second-order valence-electron chi connectivity index (χ2n) is 5.16. The Morgan fingerprint density at radius 1 is 1.29 bits per heavy atom. The van der Waals surface area contributed by atoms with Crippen LogP contribution < -0.4 is 9.64 Å². The second kappa shape index (κ2) is 6.09. The number of rotatable bonds is 4. The molecule has 1 atom stereocenters. The highest BCUT2D eigenvalue weighted by molar-refractivity contribution is 5.41. The van der Waals surface area contributed by atoms with Gasteiger partial charge in [0.2, 0.25) is 5.88 Å². The van der Waals surface area contributed by atoms with Crippen LogP contribution in [0.15, 0.2) is 24.9 Å². The number of methoxy groups -OCH3 is 2. The molecule has 112 valence electrons. The molecule has 3 rings (SSSR count). The van der Waals surface area contributed by atoms with Crippen molar-refractivity contribution < 1.29 is 9.47 Å². The Balaban J connectivity index is 1.89. The van der Waals surface area contributed by atoms with Crippen molar-refractivity contribution in [2.24, 2.45) is 5.92 Å². The first-order valence-corrected chi connectivity index (χ1v) is 6.89. The van der Waals surface area contributed by atoms with Crippen molar-refractivity contribution in [2.45, 2.75) is 13.1 Å². The molecule has 0 aromatic carbocycles. The number of hydrogen-bond donors (Lipinski definition) is 0. The van der Waals surface area contributed by atoms with Crippen molar-refractivity contribution in [2.75, 3.05) is 32.3 Å². The molecule has 3 heterocycles. The molecule has 0 unspecified atom stereocenters. The summed E-state index contributed by atoms with van der Waals surface area (Å²) in [4.78, 5) is 14.9. The van der Waals surface area contributed by atoms with Crippen LogP contribution in [-0.4, -0.2) is 46.9 Å². The van der Waals surface area contributed by atoms with Gasteiger partial charge in [0.25, 0.3) is 0 Å².